The third kappa shape index (κ3) is 3.95. The molecule has 2 N–H and O–H groups in total. The summed E-state index contributed by atoms with van der Waals surface area (Å²) < 4.78 is 0. The molecule has 0 saturated carbocycles. The van der Waals surface area contributed by atoms with Crippen molar-refractivity contribution in [3.05, 3.63) is 0 Å². The number of halogens is 1. The van der Waals surface area contributed by atoms with Crippen molar-refractivity contribution in [2.75, 3.05) is 11.9 Å². The highest BCUT2D eigenvalue weighted by Gasteiger charge is 1.92. The lowest BCUT2D eigenvalue weighted by Gasteiger charge is -1.86. The number of hydrogen-bond acceptors (Lipinski definition) is 2. The minimum Gasteiger partial charge on any atom is -0.324 e. The highest BCUT2D eigenvalue weighted by atomic mass is 79.9. The van der Waals surface area contributed by atoms with Crippen LogP contribution in [0.25, 0.3) is 0 Å². The summed E-state index contributed by atoms with van der Waals surface area (Å²) >= 11 is 3.11. The molecule has 2 nitrogen and oxygen atoms in total. The number of carbonyl (C=O) groups excluding carboxylic acids is 1. The van der Waals surface area contributed by atoms with E-state index in [-0.39, 0.29) is 12.3 Å². The summed E-state index contributed by atoms with van der Waals surface area (Å²) in [6, 6.07) is 0. The van der Waals surface area contributed by atoms with Crippen molar-refractivity contribution in [3.8, 4) is 0 Å². The van der Waals surface area contributed by atoms with Gasteiger partial charge in [0.25, 0.3) is 0 Å². The van der Waals surface area contributed by atoms with Gasteiger partial charge in [0.2, 0.25) is 0 Å². The van der Waals surface area contributed by atoms with Crippen LogP contribution in [0.4, 0.5) is 0 Å². The van der Waals surface area contributed by atoms with Crippen LogP contribution < -0.4 is 5.73 Å². The van der Waals surface area contributed by atoms with Crippen LogP contribution in [0.5, 0.6) is 0 Å². The molecule has 0 aliphatic heterocycles. The summed E-state index contributed by atoms with van der Waals surface area (Å²) in [5, 5.41) is 0.725. The number of ketones is 1. The van der Waals surface area contributed by atoms with Gasteiger partial charge in [-0.3, -0.25) is 4.79 Å². The summed E-state index contributed by atoms with van der Waals surface area (Å²) in [5.41, 5.74) is 4.99. The average Bonchev–Trinajstić information content (AvgIpc) is 1.68. The lowest BCUT2D eigenvalue weighted by molar-refractivity contribution is -0.117. The van der Waals surface area contributed by atoms with E-state index in [1.165, 1.54) is 0 Å². The monoisotopic (exact) mass is 165 g/mol. The number of Topliss-reactive ketones (excluding diaryl/α,β-unsaturated/α-hetero) is 1. The second-order valence-corrected chi connectivity index (χ2v) is 1.97. The second-order valence-electron chi connectivity index (χ2n) is 1.18. The SMILES string of the molecule is NCC(=O)CCBr. The van der Waals surface area contributed by atoms with Gasteiger partial charge in [-0.25, -0.2) is 0 Å². The van der Waals surface area contributed by atoms with Gasteiger partial charge in [-0.05, 0) is 0 Å². The highest BCUT2D eigenvalue weighted by Crippen LogP contribution is 1.86. The normalized spacial score (nSPS) is 8.86. The van der Waals surface area contributed by atoms with E-state index < -0.39 is 0 Å². The highest BCUT2D eigenvalue weighted by molar-refractivity contribution is 9.09. The largest absolute Gasteiger partial charge is 0.324 e. The van der Waals surface area contributed by atoms with Crippen molar-refractivity contribution in [3.63, 3.8) is 0 Å². The summed E-state index contributed by atoms with van der Waals surface area (Å²) in [7, 11) is 0. The molecule has 0 aliphatic rings. The fourth-order valence-corrected chi connectivity index (χ4v) is 0.650. The van der Waals surface area contributed by atoms with E-state index in [1.54, 1.807) is 0 Å². The molecule has 42 valence electrons. The van der Waals surface area contributed by atoms with Crippen LogP contribution in [-0.4, -0.2) is 17.7 Å². The lowest BCUT2D eigenvalue weighted by Crippen LogP contribution is -2.12. The van der Waals surface area contributed by atoms with E-state index in [0.29, 0.717) is 6.42 Å². The molecule has 0 saturated heterocycles. The van der Waals surface area contributed by atoms with Crippen molar-refractivity contribution in [2.24, 2.45) is 5.73 Å². The summed E-state index contributed by atoms with van der Waals surface area (Å²) in [5.74, 6) is 0.108. The van der Waals surface area contributed by atoms with Crippen molar-refractivity contribution in [1.29, 1.82) is 0 Å². The van der Waals surface area contributed by atoms with Gasteiger partial charge in [0.15, 0.2) is 0 Å². The van der Waals surface area contributed by atoms with Crippen molar-refractivity contribution < 1.29 is 4.79 Å². The first-order valence-electron chi connectivity index (χ1n) is 2.09. The van der Waals surface area contributed by atoms with Gasteiger partial charge in [0.1, 0.15) is 5.78 Å². The van der Waals surface area contributed by atoms with Gasteiger partial charge in [-0.15, -0.1) is 0 Å². The van der Waals surface area contributed by atoms with Crippen LogP contribution in [0.2, 0.25) is 0 Å². The Balaban J connectivity index is 3.00. The standard InChI is InChI=1S/C4H8BrNO/c5-2-1-4(7)3-6/h1-3,6H2. The van der Waals surface area contributed by atoms with Gasteiger partial charge in [0.05, 0.1) is 6.54 Å². The molecule has 0 spiro atoms. The van der Waals surface area contributed by atoms with Gasteiger partial charge in [-0.1, -0.05) is 15.9 Å². The van der Waals surface area contributed by atoms with E-state index in [2.05, 4.69) is 15.9 Å². The first kappa shape index (κ1) is 7.11. The van der Waals surface area contributed by atoms with Crippen LogP contribution in [0.15, 0.2) is 0 Å². The zero-order valence-electron chi connectivity index (χ0n) is 3.98. The number of nitrogens with two attached hydrogens (primary N) is 1. The first-order valence-corrected chi connectivity index (χ1v) is 3.21. The first-order chi connectivity index (χ1) is 3.31. The lowest BCUT2D eigenvalue weighted by atomic mass is 10.3. The summed E-state index contributed by atoms with van der Waals surface area (Å²) in [6.45, 7) is 0.172. The number of alkyl halides is 1. The molecular formula is C4H8BrNO. The number of hydrogen-bond donors (Lipinski definition) is 1. The van der Waals surface area contributed by atoms with E-state index in [1.807, 2.05) is 0 Å². The minimum atomic E-state index is 0.108. The Morgan fingerprint density at radius 1 is 1.71 bits per heavy atom. The van der Waals surface area contributed by atoms with Crippen molar-refractivity contribution in [1.82, 2.24) is 0 Å². The quantitative estimate of drug-likeness (QED) is 0.612. The van der Waals surface area contributed by atoms with E-state index in [4.69, 9.17) is 5.73 Å². The topological polar surface area (TPSA) is 43.1 Å². The zero-order chi connectivity index (χ0) is 5.70. The predicted octanol–water partition coefficient (Wildman–Crippen LogP) is 0.299. The smallest absolute Gasteiger partial charge is 0.147 e. The van der Waals surface area contributed by atoms with Crippen LogP contribution >= 0.6 is 15.9 Å². The predicted molar refractivity (Wildman–Crippen MR) is 32.5 cm³/mol. The molecule has 3 heteroatoms. The molecule has 0 aromatic heterocycles. The minimum absolute atomic E-state index is 0.108. The summed E-state index contributed by atoms with van der Waals surface area (Å²) in [6.07, 6.45) is 0.552. The maximum atomic E-state index is 10.3. The molecule has 0 unspecified atom stereocenters. The van der Waals surface area contributed by atoms with Gasteiger partial charge >= 0.3 is 0 Å². The Kier molecular flexibility index (Phi) is 4.34. The maximum Gasteiger partial charge on any atom is 0.147 e. The Bertz CT molecular complexity index is 64.7. The van der Waals surface area contributed by atoms with E-state index >= 15 is 0 Å². The molecule has 0 aliphatic carbocycles. The molecule has 7 heavy (non-hydrogen) atoms. The van der Waals surface area contributed by atoms with Crippen molar-refractivity contribution in [2.45, 2.75) is 6.42 Å². The molecule has 0 aromatic carbocycles. The molecule has 0 atom stereocenters. The van der Waals surface area contributed by atoms with Crippen LogP contribution in [0, 0.1) is 0 Å². The Hall–Kier alpha value is 0.110. The Morgan fingerprint density at radius 3 is 2.43 bits per heavy atom. The van der Waals surface area contributed by atoms with Gasteiger partial charge in [0, 0.05) is 11.8 Å². The van der Waals surface area contributed by atoms with Crippen molar-refractivity contribution >= 4 is 21.7 Å². The third-order valence-electron chi connectivity index (χ3n) is 0.601. The fourth-order valence-electron chi connectivity index (χ4n) is 0.207. The van der Waals surface area contributed by atoms with E-state index in [0.717, 1.165) is 5.33 Å². The zero-order valence-corrected chi connectivity index (χ0v) is 5.57. The molecule has 0 aromatic rings. The third-order valence-corrected chi connectivity index (χ3v) is 0.997. The maximum absolute atomic E-state index is 10.3. The molecular weight excluding hydrogens is 158 g/mol. The molecule has 0 rings (SSSR count). The molecule has 0 amide bonds. The second kappa shape index (κ2) is 4.27. The fraction of sp³-hybridized carbons (Fsp3) is 0.750. The van der Waals surface area contributed by atoms with Gasteiger partial charge in [-0.2, -0.15) is 0 Å². The number of rotatable bonds is 3. The molecule has 0 bridgehead atoms. The van der Waals surface area contributed by atoms with Crippen LogP contribution in [0.1, 0.15) is 6.42 Å². The van der Waals surface area contributed by atoms with Crippen LogP contribution in [-0.2, 0) is 4.79 Å². The Labute approximate surface area is 51.2 Å². The number of carbonyl (C=O) groups is 1. The molecule has 0 heterocycles. The average molecular weight is 166 g/mol. The Morgan fingerprint density at radius 2 is 2.29 bits per heavy atom. The molecule has 0 fully saturated rings. The summed E-state index contributed by atoms with van der Waals surface area (Å²) in [4.78, 5) is 10.3. The van der Waals surface area contributed by atoms with E-state index in [9.17, 15) is 4.79 Å². The van der Waals surface area contributed by atoms with Gasteiger partial charge < -0.3 is 5.73 Å². The molecule has 0 radical (unpaired) electrons. The van der Waals surface area contributed by atoms with Crippen LogP contribution in [0.3, 0.4) is 0 Å².